The summed E-state index contributed by atoms with van der Waals surface area (Å²) in [7, 11) is 0. The molecule has 0 aliphatic carbocycles. The van der Waals surface area contributed by atoms with Gasteiger partial charge in [-0.2, -0.15) is 0 Å². The molecule has 0 spiro atoms. The van der Waals surface area contributed by atoms with Gasteiger partial charge in [0.15, 0.2) is 5.76 Å². The molecule has 1 unspecified atom stereocenters. The molecule has 1 N–H and O–H groups in total. The van der Waals surface area contributed by atoms with Gasteiger partial charge in [0.25, 0.3) is 11.7 Å². The Morgan fingerprint density at radius 1 is 1.08 bits per heavy atom. The predicted molar refractivity (Wildman–Crippen MR) is 148 cm³/mol. The minimum absolute atomic E-state index is 0.0104. The largest absolute Gasteiger partial charge is 0.505 e. The van der Waals surface area contributed by atoms with Gasteiger partial charge in [0.1, 0.15) is 17.1 Å². The van der Waals surface area contributed by atoms with Gasteiger partial charge in [0.05, 0.1) is 23.9 Å². The molecule has 5 rings (SSSR count). The van der Waals surface area contributed by atoms with Gasteiger partial charge in [-0.15, -0.1) is 0 Å². The Kier molecular flexibility index (Phi) is 7.45. The van der Waals surface area contributed by atoms with E-state index in [2.05, 4.69) is 16.9 Å². The molecule has 0 bridgehead atoms. The smallest absolute Gasteiger partial charge is 0.295 e. The van der Waals surface area contributed by atoms with Crippen molar-refractivity contribution in [2.24, 2.45) is 0 Å². The molecule has 1 saturated heterocycles. The third kappa shape index (κ3) is 5.02. The van der Waals surface area contributed by atoms with Gasteiger partial charge in [-0.25, -0.2) is 4.98 Å². The van der Waals surface area contributed by atoms with Crippen molar-refractivity contribution in [2.45, 2.75) is 52.6 Å². The van der Waals surface area contributed by atoms with Gasteiger partial charge in [-0.05, 0) is 61.2 Å². The molecule has 4 heterocycles. The molecular formula is C31H32N4O4. The third-order valence-electron chi connectivity index (χ3n) is 7.11. The highest BCUT2D eigenvalue weighted by atomic mass is 16.5. The number of aliphatic hydroxyl groups is 1. The fraction of sp³-hybridized carbons (Fsp3) is 0.290. The van der Waals surface area contributed by atoms with E-state index in [1.807, 2.05) is 66.9 Å². The Morgan fingerprint density at radius 2 is 1.92 bits per heavy atom. The van der Waals surface area contributed by atoms with Crippen molar-refractivity contribution in [3.63, 3.8) is 0 Å². The van der Waals surface area contributed by atoms with Crippen LogP contribution >= 0.6 is 0 Å². The molecule has 0 saturated carbocycles. The lowest BCUT2D eigenvalue weighted by atomic mass is 9.96. The van der Waals surface area contributed by atoms with Crippen molar-refractivity contribution in [3.05, 3.63) is 101 Å². The number of aromatic nitrogens is 3. The topological polar surface area (TPSA) is 97.0 Å². The second-order valence-electron chi connectivity index (χ2n) is 9.85. The summed E-state index contributed by atoms with van der Waals surface area (Å²) in [6.45, 7) is 6.64. The van der Waals surface area contributed by atoms with E-state index >= 15 is 0 Å². The Hall–Kier alpha value is -4.46. The van der Waals surface area contributed by atoms with Gasteiger partial charge in [-0.3, -0.25) is 14.6 Å². The number of carbonyl (C=O) groups is 2. The molecule has 3 aromatic heterocycles. The number of ether oxygens (including phenoxy) is 1. The number of fused-ring (bicyclic) bond motifs is 1. The molecule has 8 nitrogen and oxygen atoms in total. The minimum atomic E-state index is -0.824. The number of pyridine rings is 2. The highest BCUT2D eigenvalue weighted by Crippen LogP contribution is 2.41. The number of benzene rings is 1. The highest BCUT2D eigenvalue weighted by Gasteiger charge is 2.46. The quantitative estimate of drug-likeness (QED) is 0.134. The maximum Gasteiger partial charge on any atom is 0.295 e. The van der Waals surface area contributed by atoms with Crippen molar-refractivity contribution in [1.29, 1.82) is 0 Å². The van der Waals surface area contributed by atoms with E-state index in [0.29, 0.717) is 29.3 Å². The Labute approximate surface area is 227 Å². The van der Waals surface area contributed by atoms with Crippen LogP contribution in [0.15, 0.2) is 72.7 Å². The molecule has 1 atom stereocenters. The summed E-state index contributed by atoms with van der Waals surface area (Å²) < 4.78 is 7.85. The highest BCUT2D eigenvalue weighted by molar-refractivity contribution is 6.46. The lowest BCUT2D eigenvalue weighted by molar-refractivity contribution is -0.140. The van der Waals surface area contributed by atoms with Crippen molar-refractivity contribution in [1.82, 2.24) is 19.3 Å². The van der Waals surface area contributed by atoms with Crippen LogP contribution in [0, 0.1) is 13.8 Å². The van der Waals surface area contributed by atoms with Crippen LogP contribution in [-0.2, 0) is 16.1 Å². The first-order valence-corrected chi connectivity index (χ1v) is 13.3. The summed E-state index contributed by atoms with van der Waals surface area (Å²) in [4.78, 5) is 37.3. The number of hydrogen-bond donors (Lipinski definition) is 1. The standard InChI is InChI=1S/C31H32N4O4/c1-4-5-6-16-39-24-13-7-12-23(17-24)27-25(29(37)31(38)35(27)19-22-11-8-14-32-18-22)28(36)26-21(3)34-15-9-10-20(2)30(34)33-26/h7-15,17-18,27,36H,4-6,16,19H2,1-3H3. The molecule has 39 heavy (non-hydrogen) atoms. The number of carbonyl (C=O) groups excluding carboxylic acids is 2. The van der Waals surface area contributed by atoms with Gasteiger partial charge < -0.3 is 19.1 Å². The van der Waals surface area contributed by atoms with E-state index in [4.69, 9.17) is 4.74 Å². The molecule has 1 fully saturated rings. The lowest BCUT2D eigenvalue weighted by Gasteiger charge is -2.25. The Morgan fingerprint density at radius 3 is 2.67 bits per heavy atom. The van der Waals surface area contributed by atoms with Crippen LogP contribution in [0.4, 0.5) is 0 Å². The molecule has 1 aliphatic rings. The van der Waals surface area contributed by atoms with E-state index in [1.165, 1.54) is 4.90 Å². The summed E-state index contributed by atoms with van der Waals surface area (Å²) >= 11 is 0. The summed E-state index contributed by atoms with van der Waals surface area (Å²) in [5, 5.41) is 11.6. The monoisotopic (exact) mass is 524 g/mol. The van der Waals surface area contributed by atoms with Crippen LogP contribution in [0.25, 0.3) is 11.4 Å². The maximum atomic E-state index is 13.5. The average molecular weight is 525 g/mol. The van der Waals surface area contributed by atoms with Gasteiger partial charge in [0.2, 0.25) is 0 Å². The molecule has 1 amide bonds. The number of unbranched alkanes of at least 4 members (excludes halogenated alkanes) is 2. The zero-order chi connectivity index (χ0) is 27.5. The van der Waals surface area contributed by atoms with Crippen LogP contribution in [0.2, 0.25) is 0 Å². The Bertz CT molecular complexity index is 1560. The van der Waals surface area contributed by atoms with Crippen molar-refractivity contribution in [3.8, 4) is 5.75 Å². The molecule has 0 radical (unpaired) electrons. The fourth-order valence-electron chi connectivity index (χ4n) is 5.07. The second kappa shape index (κ2) is 11.1. The summed E-state index contributed by atoms with van der Waals surface area (Å²) in [6.07, 6.45) is 8.28. The third-order valence-corrected chi connectivity index (χ3v) is 7.11. The molecule has 1 aromatic carbocycles. The Balaban J connectivity index is 1.63. The van der Waals surface area contributed by atoms with E-state index < -0.39 is 17.7 Å². The molecule has 4 aromatic rings. The average Bonchev–Trinajstić information content (AvgIpc) is 3.42. The normalized spacial score (nSPS) is 16.8. The number of aryl methyl sites for hydroxylation is 2. The lowest BCUT2D eigenvalue weighted by Crippen LogP contribution is -2.29. The van der Waals surface area contributed by atoms with Gasteiger partial charge >= 0.3 is 0 Å². The van der Waals surface area contributed by atoms with Gasteiger partial charge in [0, 0.05) is 25.1 Å². The van der Waals surface area contributed by atoms with Crippen molar-refractivity contribution < 1.29 is 19.4 Å². The zero-order valence-electron chi connectivity index (χ0n) is 22.4. The predicted octanol–water partition coefficient (Wildman–Crippen LogP) is 5.54. The van der Waals surface area contributed by atoms with Gasteiger partial charge in [-0.1, -0.05) is 44.0 Å². The first kappa shape index (κ1) is 26.2. The van der Waals surface area contributed by atoms with E-state index in [9.17, 15) is 14.7 Å². The SMILES string of the molecule is CCCCCOc1cccc(C2C(=C(O)c3nc4c(C)cccn4c3C)C(=O)C(=O)N2Cc2cccnc2)c1. The van der Waals surface area contributed by atoms with Crippen LogP contribution in [0.5, 0.6) is 5.75 Å². The number of Topliss-reactive ketones (excluding diaryl/α,β-unsaturated/α-hetero) is 1. The minimum Gasteiger partial charge on any atom is -0.505 e. The number of likely N-dealkylation sites (tertiary alicyclic amines) is 1. The first-order chi connectivity index (χ1) is 18.9. The maximum absolute atomic E-state index is 13.5. The number of rotatable bonds is 9. The summed E-state index contributed by atoms with van der Waals surface area (Å²) in [5.74, 6) is -1.07. The van der Waals surface area contributed by atoms with Crippen LogP contribution in [0.1, 0.15) is 60.3 Å². The van der Waals surface area contributed by atoms with Crippen LogP contribution < -0.4 is 4.74 Å². The van der Waals surface area contributed by atoms with E-state index in [0.717, 1.165) is 30.4 Å². The van der Waals surface area contributed by atoms with E-state index in [-0.39, 0.29) is 23.6 Å². The second-order valence-corrected chi connectivity index (χ2v) is 9.85. The van der Waals surface area contributed by atoms with Crippen LogP contribution in [-0.4, -0.2) is 42.7 Å². The first-order valence-electron chi connectivity index (χ1n) is 13.3. The summed E-state index contributed by atoms with van der Waals surface area (Å²) in [6, 6.07) is 14.0. The van der Waals surface area contributed by atoms with Crippen molar-refractivity contribution in [2.75, 3.05) is 6.61 Å². The van der Waals surface area contributed by atoms with E-state index in [1.54, 1.807) is 18.5 Å². The number of hydrogen-bond acceptors (Lipinski definition) is 6. The molecule has 8 heteroatoms. The number of aliphatic hydroxyl groups excluding tert-OH is 1. The number of amides is 1. The zero-order valence-corrected chi connectivity index (χ0v) is 22.4. The molecule has 200 valence electrons. The summed E-state index contributed by atoms with van der Waals surface area (Å²) in [5.41, 5.74) is 4.02. The number of ketones is 1. The molecule has 1 aliphatic heterocycles. The van der Waals surface area contributed by atoms with Crippen molar-refractivity contribution >= 4 is 23.1 Å². The molecular weight excluding hydrogens is 492 g/mol. The fourth-order valence-corrected chi connectivity index (χ4v) is 5.07. The number of nitrogens with zero attached hydrogens (tertiary/aromatic N) is 4. The number of imidazole rings is 1. The van der Waals surface area contributed by atoms with Crippen LogP contribution in [0.3, 0.4) is 0 Å².